The van der Waals surface area contributed by atoms with Crippen LogP contribution in [-0.4, -0.2) is 71.7 Å². The summed E-state index contributed by atoms with van der Waals surface area (Å²) in [6.07, 6.45) is 1.30. The first kappa shape index (κ1) is 37.2. The second-order valence-electron chi connectivity index (χ2n) is 13.1. The van der Waals surface area contributed by atoms with Gasteiger partial charge in [0.2, 0.25) is 0 Å². The third kappa shape index (κ3) is 8.26. The molecule has 56 heavy (non-hydrogen) atoms. The summed E-state index contributed by atoms with van der Waals surface area (Å²) >= 11 is 7.49. The van der Waals surface area contributed by atoms with Crippen LogP contribution in [0.1, 0.15) is 5.56 Å². The molecule has 13 nitrogen and oxygen atoms in total. The molecule has 1 fully saturated rings. The summed E-state index contributed by atoms with van der Waals surface area (Å²) in [5, 5.41) is 16.7. The molecule has 0 amide bonds. The Bertz CT molecular complexity index is 2620. The van der Waals surface area contributed by atoms with E-state index in [4.69, 9.17) is 16.0 Å². The van der Waals surface area contributed by atoms with Crippen LogP contribution < -0.4 is 14.9 Å². The van der Waals surface area contributed by atoms with Crippen molar-refractivity contribution in [2.75, 3.05) is 53.4 Å². The van der Waals surface area contributed by atoms with Crippen molar-refractivity contribution >= 4 is 78.3 Å². The molecule has 16 heteroatoms. The van der Waals surface area contributed by atoms with Crippen molar-refractivity contribution in [3.63, 3.8) is 0 Å². The van der Waals surface area contributed by atoms with Gasteiger partial charge in [-0.2, -0.15) is 0 Å². The van der Waals surface area contributed by atoms with E-state index in [0.717, 1.165) is 55.6 Å². The number of thioether (sulfide) groups is 1. The highest BCUT2D eigenvalue weighted by Gasteiger charge is 2.24. The van der Waals surface area contributed by atoms with Gasteiger partial charge in [-0.3, -0.25) is 19.7 Å². The minimum Gasteiger partial charge on any atom is -0.431 e. The van der Waals surface area contributed by atoms with Gasteiger partial charge in [-0.15, -0.1) is 0 Å². The third-order valence-electron chi connectivity index (χ3n) is 9.55. The van der Waals surface area contributed by atoms with Gasteiger partial charge in [0.1, 0.15) is 17.5 Å². The number of hydrogen-bond acceptors (Lipinski definition) is 12. The number of nitrogens with one attached hydrogen (secondary N) is 2. The van der Waals surface area contributed by atoms with Crippen LogP contribution in [0.2, 0.25) is 5.02 Å². The number of nitro groups is 1. The van der Waals surface area contributed by atoms with Crippen LogP contribution in [0.25, 0.3) is 33.1 Å². The molecule has 284 valence electrons. The number of anilines is 3. The molecule has 1 aliphatic rings. The summed E-state index contributed by atoms with van der Waals surface area (Å²) in [5.74, 6) is 0.581. The number of sulfonamides is 1. The van der Waals surface area contributed by atoms with Crippen LogP contribution in [0.15, 0.2) is 130 Å². The zero-order valence-electron chi connectivity index (χ0n) is 29.8. The molecule has 0 aliphatic carbocycles. The van der Waals surface area contributed by atoms with Crippen LogP contribution in [0.5, 0.6) is 0 Å². The number of nitrogens with zero attached hydrogens (tertiary/aromatic N) is 6. The molecule has 7 aromatic rings. The Labute approximate surface area is 331 Å². The minimum absolute atomic E-state index is 0.0757. The van der Waals surface area contributed by atoms with E-state index in [1.54, 1.807) is 6.07 Å². The van der Waals surface area contributed by atoms with E-state index in [-0.39, 0.29) is 22.1 Å². The van der Waals surface area contributed by atoms with Gasteiger partial charge in [0.25, 0.3) is 20.9 Å². The Morgan fingerprint density at radius 2 is 1.66 bits per heavy atom. The lowest BCUT2D eigenvalue weighted by Gasteiger charge is -2.36. The first-order valence-electron chi connectivity index (χ1n) is 17.8. The number of piperazine rings is 1. The highest BCUT2D eigenvalue weighted by atomic mass is 35.5. The van der Waals surface area contributed by atoms with Gasteiger partial charge in [0.05, 0.1) is 15.3 Å². The Balaban J connectivity index is 0.905. The molecule has 0 atom stereocenters. The van der Waals surface area contributed by atoms with Crippen molar-refractivity contribution < 1.29 is 17.8 Å². The molecule has 8 rings (SSSR count). The second-order valence-corrected chi connectivity index (χ2v) is 16.3. The lowest BCUT2D eigenvalue weighted by atomic mass is 9.99. The van der Waals surface area contributed by atoms with Crippen molar-refractivity contribution in [3.05, 3.63) is 136 Å². The highest BCUT2D eigenvalue weighted by molar-refractivity contribution is 7.99. The van der Waals surface area contributed by atoms with Crippen molar-refractivity contribution in [2.45, 2.75) is 16.7 Å². The minimum atomic E-state index is -4.26. The third-order valence-corrected chi connectivity index (χ3v) is 12.0. The average molecular weight is 807 g/mol. The smallest absolute Gasteiger partial charge is 0.293 e. The van der Waals surface area contributed by atoms with E-state index in [1.807, 2.05) is 60.7 Å². The van der Waals surface area contributed by atoms with Gasteiger partial charge in [-0.25, -0.2) is 23.4 Å². The molecule has 3 heterocycles. The number of benzene rings is 5. The topological polar surface area (TPSA) is 160 Å². The summed E-state index contributed by atoms with van der Waals surface area (Å²) < 4.78 is 35.4. The Hall–Kier alpha value is -5.74. The van der Waals surface area contributed by atoms with Gasteiger partial charge >= 0.3 is 0 Å². The van der Waals surface area contributed by atoms with Crippen LogP contribution in [0.4, 0.5) is 22.9 Å². The molecular formula is C40H35ClN8O5S2. The van der Waals surface area contributed by atoms with Crippen LogP contribution in [0.3, 0.4) is 0 Å². The second kappa shape index (κ2) is 16.2. The van der Waals surface area contributed by atoms with E-state index < -0.39 is 14.9 Å². The molecule has 1 saturated heterocycles. The van der Waals surface area contributed by atoms with Crippen LogP contribution >= 0.6 is 23.4 Å². The predicted molar refractivity (Wildman–Crippen MR) is 221 cm³/mol. The summed E-state index contributed by atoms with van der Waals surface area (Å²) in [4.78, 5) is 28.9. The summed E-state index contributed by atoms with van der Waals surface area (Å²) in [7, 11) is -4.26. The van der Waals surface area contributed by atoms with Gasteiger partial charge in [0, 0.05) is 67.2 Å². The summed E-state index contributed by atoms with van der Waals surface area (Å²) in [5.41, 5.74) is 6.36. The Morgan fingerprint density at radius 1 is 0.875 bits per heavy atom. The number of para-hydroxylation sites is 2. The van der Waals surface area contributed by atoms with Gasteiger partial charge in [0.15, 0.2) is 11.4 Å². The number of fused-ring (bicyclic) bond motifs is 2. The molecular weight excluding hydrogens is 772 g/mol. The summed E-state index contributed by atoms with van der Waals surface area (Å²) in [6, 6.07) is 33.2. The fraction of sp³-hybridized carbons (Fsp3) is 0.175. The van der Waals surface area contributed by atoms with Gasteiger partial charge in [-0.1, -0.05) is 71.9 Å². The number of hydrogen-bond donors (Lipinski definition) is 2. The number of halogens is 1. The maximum Gasteiger partial charge on any atom is 0.293 e. The standard InChI is InChI=1S/C40H35ClN8O5S2/c41-29-11-9-27(10-12-29)32-6-2-1-5-28(32)25-47-18-20-48(21-19-47)30-13-15-33-36(23-30)43-26-44-39(33)46-56(52,53)31-14-16-34(37(24-31)49(50)51)42-17-22-55-40-45-35-7-3-4-8-38(35)54-40/h1-16,23-24,26,42H,17-22,25H2,(H,43,44,46). The maximum absolute atomic E-state index is 13.6. The first-order chi connectivity index (χ1) is 27.2. The van der Waals surface area contributed by atoms with Crippen molar-refractivity contribution in [3.8, 4) is 11.1 Å². The molecule has 2 aromatic heterocycles. The predicted octanol–water partition coefficient (Wildman–Crippen LogP) is 8.33. The molecule has 0 unspecified atom stereocenters. The van der Waals surface area contributed by atoms with Gasteiger partial charge < -0.3 is 14.6 Å². The molecule has 0 spiro atoms. The number of rotatable bonds is 13. The molecule has 0 bridgehead atoms. The number of oxazole rings is 1. The van der Waals surface area contributed by atoms with Crippen molar-refractivity contribution in [1.82, 2.24) is 19.9 Å². The van der Waals surface area contributed by atoms with E-state index in [1.165, 1.54) is 41.3 Å². The number of aromatic nitrogens is 3. The van der Waals surface area contributed by atoms with E-state index >= 15 is 0 Å². The zero-order valence-corrected chi connectivity index (χ0v) is 32.2. The van der Waals surface area contributed by atoms with Crippen LogP contribution in [0, 0.1) is 10.1 Å². The normalized spacial score (nSPS) is 13.6. The molecule has 5 aromatic carbocycles. The maximum atomic E-state index is 13.6. The fourth-order valence-corrected chi connectivity index (χ4v) is 8.57. The average Bonchev–Trinajstić information content (AvgIpc) is 3.63. The molecule has 0 radical (unpaired) electrons. The molecule has 1 aliphatic heterocycles. The van der Waals surface area contributed by atoms with Gasteiger partial charge in [-0.05, 0) is 71.3 Å². The largest absolute Gasteiger partial charge is 0.431 e. The lowest BCUT2D eigenvalue weighted by Crippen LogP contribution is -2.46. The Morgan fingerprint density at radius 3 is 2.46 bits per heavy atom. The number of nitro benzene ring substituents is 1. The summed E-state index contributed by atoms with van der Waals surface area (Å²) in [6.45, 7) is 4.51. The Kier molecular flexibility index (Phi) is 10.7. The zero-order chi connectivity index (χ0) is 38.6. The lowest BCUT2D eigenvalue weighted by molar-refractivity contribution is -0.384. The first-order valence-corrected chi connectivity index (χ1v) is 20.6. The van der Waals surface area contributed by atoms with E-state index in [0.29, 0.717) is 39.0 Å². The monoisotopic (exact) mass is 806 g/mol. The van der Waals surface area contributed by atoms with E-state index in [2.05, 4.69) is 59.1 Å². The van der Waals surface area contributed by atoms with Crippen LogP contribution in [-0.2, 0) is 16.6 Å². The molecule has 2 N–H and O–H groups in total. The fourth-order valence-electron chi connectivity index (χ4n) is 6.70. The van der Waals surface area contributed by atoms with Crippen molar-refractivity contribution in [1.29, 1.82) is 0 Å². The van der Waals surface area contributed by atoms with Crippen molar-refractivity contribution in [2.24, 2.45) is 0 Å². The highest BCUT2D eigenvalue weighted by Crippen LogP contribution is 2.32. The quantitative estimate of drug-likeness (QED) is 0.0497. The molecule has 0 saturated carbocycles. The SMILES string of the molecule is O=[N+]([O-])c1cc(S(=O)(=O)Nc2ncnc3cc(N4CCN(Cc5ccccc5-c5ccc(Cl)cc5)CC4)ccc23)ccc1NCCSc1nc2ccccc2o1. The van der Waals surface area contributed by atoms with E-state index in [9.17, 15) is 18.5 Å².